The minimum atomic E-state index is -0.525. The molecule has 2 aromatic rings. The van der Waals surface area contributed by atoms with Gasteiger partial charge in [0.1, 0.15) is 6.04 Å². The van der Waals surface area contributed by atoms with Gasteiger partial charge in [-0.1, -0.05) is 55.5 Å². The summed E-state index contributed by atoms with van der Waals surface area (Å²) in [5, 5.41) is 2.98. The molecule has 0 saturated carbocycles. The van der Waals surface area contributed by atoms with Gasteiger partial charge >= 0.3 is 0 Å². The van der Waals surface area contributed by atoms with E-state index in [1.54, 1.807) is 11.8 Å². The summed E-state index contributed by atoms with van der Waals surface area (Å²) < 4.78 is 0. The van der Waals surface area contributed by atoms with Crippen molar-refractivity contribution in [3.63, 3.8) is 0 Å². The molecule has 27 heavy (non-hydrogen) atoms. The van der Waals surface area contributed by atoms with Crippen LogP contribution in [0.5, 0.6) is 0 Å². The number of nitrogens with one attached hydrogen (secondary N) is 1. The smallest absolute Gasteiger partial charge is 0.242 e. The fourth-order valence-electron chi connectivity index (χ4n) is 2.57. The molecule has 0 aliphatic rings. The topological polar surface area (TPSA) is 49.4 Å². The van der Waals surface area contributed by atoms with Crippen LogP contribution in [0.2, 0.25) is 0 Å². The molecule has 5 heteroatoms. The van der Waals surface area contributed by atoms with E-state index in [9.17, 15) is 9.59 Å². The summed E-state index contributed by atoms with van der Waals surface area (Å²) in [4.78, 5) is 28.3. The van der Waals surface area contributed by atoms with Crippen LogP contribution in [0.4, 0.5) is 0 Å². The summed E-state index contributed by atoms with van der Waals surface area (Å²) in [7, 11) is 0. The summed E-state index contributed by atoms with van der Waals surface area (Å²) in [6, 6.07) is 19.2. The highest BCUT2D eigenvalue weighted by atomic mass is 32.2. The monoisotopic (exact) mass is 384 g/mol. The average molecular weight is 385 g/mol. The van der Waals surface area contributed by atoms with Crippen molar-refractivity contribution in [2.24, 2.45) is 0 Å². The molecule has 0 aliphatic heterocycles. The zero-order valence-electron chi connectivity index (χ0n) is 16.2. The molecule has 0 saturated heterocycles. The molecular weight excluding hydrogens is 356 g/mol. The van der Waals surface area contributed by atoms with Gasteiger partial charge in [0, 0.05) is 17.5 Å². The van der Waals surface area contributed by atoms with Gasteiger partial charge in [-0.05, 0) is 38.0 Å². The summed E-state index contributed by atoms with van der Waals surface area (Å²) in [5.41, 5.74) is 1.01. The maximum absolute atomic E-state index is 12.9. The molecule has 0 aliphatic carbocycles. The first-order valence-electron chi connectivity index (χ1n) is 9.32. The SMILES string of the molecule is CC[C@@H](C)NC(=O)[C@@H](C)N(Cc1ccccc1)C(=O)CSc1ccccc1. The van der Waals surface area contributed by atoms with Crippen molar-refractivity contribution in [1.29, 1.82) is 0 Å². The zero-order valence-corrected chi connectivity index (χ0v) is 17.0. The molecule has 0 aromatic heterocycles. The van der Waals surface area contributed by atoms with Gasteiger partial charge in [-0.2, -0.15) is 0 Å². The van der Waals surface area contributed by atoms with Crippen molar-refractivity contribution >= 4 is 23.6 Å². The Morgan fingerprint density at radius 1 is 1.00 bits per heavy atom. The quantitative estimate of drug-likeness (QED) is 0.662. The van der Waals surface area contributed by atoms with Gasteiger partial charge < -0.3 is 10.2 Å². The molecule has 144 valence electrons. The largest absolute Gasteiger partial charge is 0.352 e. The Hall–Kier alpha value is -2.27. The second-order valence-corrected chi connectivity index (χ2v) is 7.65. The van der Waals surface area contributed by atoms with E-state index in [2.05, 4.69) is 5.32 Å². The lowest BCUT2D eigenvalue weighted by atomic mass is 10.1. The molecule has 0 heterocycles. The average Bonchev–Trinajstić information content (AvgIpc) is 2.71. The predicted octanol–water partition coefficient (Wildman–Crippen LogP) is 4.11. The summed E-state index contributed by atoms with van der Waals surface area (Å²) in [6.07, 6.45) is 0.856. The Morgan fingerprint density at radius 2 is 1.59 bits per heavy atom. The molecule has 0 unspecified atom stereocenters. The van der Waals surface area contributed by atoms with Crippen molar-refractivity contribution in [1.82, 2.24) is 10.2 Å². The van der Waals surface area contributed by atoms with Crippen LogP contribution in [-0.2, 0) is 16.1 Å². The van der Waals surface area contributed by atoms with Crippen LogP contribution in [0.3, 0.4) is 0 Å². The third-order valence-electron chi connectivity index (χ3n) is 4.47. The third-order valence-corrected chi connectivity index (χ3v) is 5.47. The number of carbonyl (C=O) groups excluding carboxylic acids is 2. The van der Waals surface area contributed by atoms with E-state index in [0.29, 0.717) is 12.3 Å². The van der Waals surface area contributed by atoms with Gasteiger partial charge in [-0.25, -0.2) is 0 Å². The number of rotatable bonds is 9. The summed E-state index contributed by atoms with van der Waals surface area (Å²) >= 11 is 1.49. The maximum atomic E-state index is 12.9. The highest BCUT2D eigenvalue weighted by Gasteiger charge is 2.26. The number of carbonyl (C=O) groups is 2. The predicted molar refractivity (Wildman–Crippen MR) is 112 cm³/mol. The fraction of sp³-hybridized carbons (Fsp3) is 0.364. The number of thioether (sulfide) groups is 1. The van der Waals surface area contributed by atoms with E-state index >= 15 is 0 Å². The minimum absolute atomic E-state index is 0.0421. The van der Waals surface area contributed by atoms with Crippen LogP contribution in [0.15, 0.2) is 65.6 Å². The van der Waals surface area contributed by atoms with E-state index in [4.69, 9.17) is 0 Å². The number of hydrogen-bond donors (Lipinski definition) is 1. The first kappa shape index (κ1) is 21.0. The lowest BCUT2D eigenvalue weighted by molar-refractivity contribution is -0.138. The molecule has 2 atom stereocenters. The van der Waals surface area contributed by atoms with Crippen LogP contribution < -0.4 is 5.32 Å². The van der Waals surface area contributed by atoms with Crippen molar-refractivity contribution in [2.45, 2.75) is 50.7 Å². The number of hydrogen-bond acceptors (Lipinski definition) is 3. The van der Waals surface area contributed by atoms with Gasteiger partial charge in [-0.3, -0.25) is 9.59 Å². The van der Waals surface area contributed by atoms with Gasteiger partial charge in [0.05, 0.1) is 5.75 Å². The van der Waals surface area contributed by atoms with Gasteiger partial charge in [0.15, 0.2) is 0 Å². The molecule has 1 N–H and O–H groups in total. The van der Waals surface area contributed by atoms with E-state index in [-0.39, 0.29) is 17.9 Å². The minimum Gasteiger partial charge on any atom is -0.352 e. The molecule has 0 bridgehead atoms. The lowest BCUT2D eigenvalue weighted by Gasteiger charge is -2.29. The second-order valence-electron chi connectivity index (χ2n) is 6.60. The number of benzene rings is 2. The van der Waals surface area contributed by atoms with Crippen LogP contribution >= 0.6 is 11.8 Å². The first-order valence-corrected chi connectivity index (χ1v) is 10.3. The fourth-order valence-corrected chi connectivity index (χ4v) is 3.38. The molecule has 2 aromatic carbocycles. The number of amides is 2. The highest BCUT2D eigenvalue weighted by Crippen LogP contribution is 2.19. The van der Waals surface area contributed by atoms with Crippen molar-refractivity contribution in [2.75, 3.05) is 5.75 Å². The third kappa shape index (κ3) is 6.75. The van der Waals surface area contributed by atoms with E-state index in [0.717, 1.165) is 16.9 Å². The van der Waals surface area contributed by atoms with Gasteiger partial charge in [0.25, 0.3) is 0 Å². The number of nitrogens with zero attached hydrogens (tertiary/aromatic N) is 1. The molecule has 2 rings (SSSR count). The first-order chi connectivity index (χ1) is 13.0. The Morgan fingerprint density at radius 3 is 2.19 bits per heavy atom. The van der Waals surface area contributed by atoms with Crippen molar-refractivity contribution in [3.05, 3.63) is 66.2 Å². The summed E-state index contributed by atoms with van der Waals surface area (Å²) in [6.45, 7) is 6.22. The van der Waals surface area contributed by atoms with Crippen molar-refractivity contribution in [3.8, 4) is 0 Å². The summed E-state index contributed by atoms with van der Waals surface area (Å²) in [5.74, 6) is 0.149. The van der Waals surface area contributed by atoms with Crippen LogP contribution in [0, 0.1) is 0 Å². The molecule has 0 spiro atoms. The van der Waals surface area contributed by atoms with E-state index in [1.807, 2.05) is 74.5 Å². The second kappa shape index (κ2) is 10.8. The zero-order chi connectivity index (χ0) is 19.6. The Kier molecular flexibility index (Phi) is 8.40. The maximum Gasteiger partial charge on any atom is 0.242 e. The standard InChI is InChI=1S/C22H28N2O2S/c1-4-17(2)23-22(26)18(3)24(15-19-11-7-5-8-12-19)21(25)16-27-20-13-9-6-10-14-20/h5-14,17-18H,4,15-16H2,1-3H3,(H,23,26)/t17-,18-/m1/s1. The van der Waals surface area contributed by atoms with Gasteiger partial charge in [0.2, 0.25) is 11.8 Å². The molecule has 0 fully saturated rings. The Labute approximate surface area is 166 Å². The Balaban J connectivity index is 2.10. The van der Waals surface area contributed by atoms with Crippen LogP contribution in [0.25, 0.3) is 0 Å². The van der Waals surface area contributed by atoms with Gasteiger partial charge in [-0.15, -0.1) is 11.8 Å². The molecule has 2 amide bonds. The van der Waals surface area contributed by atoms with Crippen LogP contribution in [-0.4, -0.2) is 34.6 Å². The Bertz CT molecular complexity index is 722. The van der Waals surface area contributed by atoms with Crippen LogP contribution in [0.1, 0.15) is 32.8 Å². The van der Waals surface area contributed by atoms with Crippen molar-refractivity contribution < 1.29 is 9.59 Å². The molecular formula is C22H28N2O2S. The lowest BCUT2D eigenvalue weighted by Crippen LogP contribution is -2.50. The molecule has 0 radical (unpaired) electrons. The molecule has 4 nitrogen and oxygen atoms in total. The van der Waals surface area contributed by atoms with E-state index < -0.39 is 6.04 Å². The highest BCUT2D eigenvalue weighted by molar-refractivity contribution is 8.00. The van der Waals surface area contributed by atoms with E-state index in [1.165, 1.54) is 11.8 Å². The normalized spacial score (nSPS) is 12.9.